The number of nitrogens with one attached hydrogen (secondary N) is 1. The summed E-state index contributed by atoms with van der Waals surface area (Å²) in [5.41, 5.74) is 3.25. The third kappa shape index (κ3) is 3.46. The molecule has 4 nitrogen and oxygen atoms in total. The second kappa shape index (κ2) is 6.62. The lowest BCUT2D eigenvalue weighted by Gasteiger charge is -2.25. The molecular weight excluding hydrogens is 278 g/mol. The molecule has 0 aromatic heterocycles. The van der Waals surface area contributed by atoms with Crippen molar-refractivity contribution in [2.24, 2.45) is 0 Å². The van der Waals surface area contributed by atoms with Gasteiger partial charge < -0.3 is 15.2 Å². The number of ether oxygens (including phenoxy) is 1. The van der Waals surface area contributed by atoms with E-state index in [0.29, 0.717) is 19.6 Å². The summed E-state index contributed by atoms with van der Waals surface area (Å²) in [6.07, 6.45) is 1.04. The molecule has 0 saturated carbocycles. The first kappa shape index (κ1) is 14.6. The minimum absolute atomic E-state index is 0.0509. The predicted octanol–water partition coefficient (Wildman–Crippen LogP) is 2.71. The van der Waals surface area contributed by atoms with Crippen LogP contribution in [0.1, 0.15) is 29.2 Å². The molecule has 22 heavy (non-hydrogen) atoms. The lowest BCUT2D eigenvalue weighted by Crippen LogP contribution is -2.27. The smallest absolute Gasteiger partial charge is 0.223 e. The lowest BCUT2D eigenvalue weighted by molar-refractivity contribution is -0.124. The van der Waals surface area contributed by atoms with Gasteiger partial charge in [-0.25, -0.2) is 0 Å². The first-order valence-corrected chi connectivity index (χ1v) is 7.46. The summed E-state index contributed by atoms with van der Waals surface area (Å²) < 4.78 is 5.75. The maximum absolute atomic E-state index is 12.1. The molecule has 2 aromatic carbocycles. The Bertz CT molecular complexity index is 669. The number of aromatic hydroxyl groups is 1. The van der Waals surface area contributed by atoms with Crippen LogP contribution in [0, 0.1) is 0 Å². The second-order valence-corrected chi connectivity index (χ2v) is 5.46. The Kier molecular flexibility index (Phi) is 4.39. The highest BCUT2D eigenvalue weighted by molar-refractivity contribution is 5.76. The van der Waals surface area contributed by atoms with Gasteiger partial charge in [0.15, 0.2) is 0 Å². The zero-order valence-electron chi connectivity index (χ0n) is 12.3. The molecule has 0 unspecified atom stereocenters. The van der Waals surface area contributed by atoms with E-state index < -0.39 is 0 Å². The molecule has 1 aliphatic rings. The van der Waals surface area contributed by atoms with Crippen molar-refractivity contribution in [1.82, 2.24) is 5.32 Å². The van der Waals surface area contributed by atoms with Gasteiger partial charge >= 0.3 is 0 Å². The number of carbonyl (C=O) groups excluding carboxylic acids is 1. The van der Waals surface area contributed by atoms with E-state index >= 15 is 0 Å². The first-order chi connectivity index (χ1) is 10.7. The van der Waals surface area contributed by atoms with Crippen LogP contribution in [0.2, 0.25) is 0 Å². The number of benzene rings is 2. The van der Waals surface area contributed by atoms with E-state index in [1.807, 2.05) is 24.3 Å². The maximum Gasteiger partial charge on any atom is 0.223 e. The van der Waals surface area contributed by atoms with Crippen LogP contribution < -0.4 is 5.32 Å². The average Bonchev–Trinajstić information content (AvgIpc) is 2.53. The van der Waals surface area contributed by atoms with E-state index in [0.717, 1.165) is 17.5 Å². The van der Waals surface area contributed by atoms with Crippen molar-refractivity contribution in [2.45, 2.75) is 25.5 Å². The number of phenolic OH excluding ortho intramolecular Hbond substituents is 1. The third-order valence-corrected chi connectivity index (χ3v) is 3.86. The number of phenols is 1. The number of fused-ring (bicyclic) bond motifs is 1. The Morgan fingerprint density at radius 1 is 1.23 bits per heavy atom. The molecule has 1 heterocycles. The largest absolute Gasteiger partial charge is 0.508 e. The monoisotopic (exact) mass is 297 g/mol. The fraction of sp³-hybridized carbons (Fsp3) is 0.278. The van der Waals surface area contributed by atoms with Crippen LogP contribution in [0.4, 0.5) is 0 Å². The zero-order valence-corrected chi connectivity index (χ0v) is 12.3. The molecule has 0 saturated heterocycles. The highest BCUT2D eigenvalue weighted by Crippen LogP contribution is 2.29. The van der Waals surface area contributed by atoms with E-state index in [1.54, 1.807) is 18.2 Å². The summed E-state index contributed by atoms with van der Waals surface area (Å²) >= 11 is 0. The topological polar surface area (TPSA) is 58.6 Å². The molecule has 0 bridgehead atoms. The summed E-state index contributed by atoms with van der Waals surface area (Å²) in [7, 11) is 0. The van der Waals surface area contributed by atoms with Gasteiger partial charge in [-0.15, -0.1) is 0 Å². The fourth-order valence-corrected chi connectivity index (χ4v) is 2.75. The van der Waals surface area contributed by atoms with Gasteiger partial charge in [0.1, 0.15) is 5.75 Å². The van der Waals surface area contributed by atoms with Crippen LogP contribution in [0.15, 0.2) is 48.5 Å². The second-order valence-electron chi connectivity index (χ2n) is 5.46. The number of hydrogen-bond donors (Lipinski definition) is 2. The molecule has 0 radical (unpaired) electrons. The van der Waals surface area contributed by atoms with Gasteiger partial charge in [0, 0.05) is 6.54 Å². The molecule has 4 heteroatoms. The Morgan fingerprint density at radius 2 is 2.09 bits per heavy atom. The molecule has 3 rings (SSSR count). The number of hydrogen-bond acceptors (Lipinski definition) is 3. The van der Waals surface area contributed by atoms with Crippen LogP contribution in [0.25, 0.3) is 0 Å². The van der Waals surface area contributed by atoms with E-state index in [4.69, 9.17) is 4.74 Å². The minimum atomic E-state index is -0.172. The van der Waals surface area contributed by atoms with Gasteiger partial charge in [0.2, 0.25) is 5.91 Å². The summed E-state index contributed by atoms with van der Waals surface area (Å²) in [6.45, 7) is 1.06. The fourth-order valence-electron chi connectivity index (χ4n) is 2.75. The normalized spacial score (nSPS) is 16.8. The number of carbonyl (C=O) groups is 1. The molecule has 2 N–H and O–H groups in total. The lowest BCUT2D eigenvalue weighted by atomic mass is 9.95. The molecule has 1 amide bonds. The molecule has 114 valence electrons. The first-order valence-electron chi connectivity index (χ1n) is 7.46. The quantitative estimate of drug-likeness (QED) is 0.912. The van der Waals surface area contributed by atoms with Gasteiger partial charge in [-0.05, 0) is 35.2 Å². The van der Waals surface area contributed by atoms with E-state index in [2.05, 4.69) is 11.4 Å². The Morgan fingerprint density at radius 3 is 2.95 bits per heavy atom. The number of amides is 1. The summed E-state index contributed by atoms with van der Waals surface area (Å²) in [5, 5.41) is 12.3. The SMILES string of the molecule is O=C(C[C@H]1OCCc2ccccc21)NCc1cccc(O)c1. The standard InChI is InChI=1S/C18H19NO3/c20-15-6-3-4-13(10-15)12-19-18(21)11-17-16-7-2-1-5-14(16)8-9-22-17/h1-7,10,17,20H,8-9,11-12H2,(H,19,21)/t17-/m1/s1. The van der Waals surface area contributed by atoms with E-state index in [-0.39, 0.29) is 17.8 Å². The van der Waals surface area contributed by atoms with Gasteiger partial charge in [0.25, 0.3) is 0 Å². The summed E-state index contributed by atoms with van der Waals surface area (Å²) in [6, 6.07) is 15.0. The predicted molar refractivity (Wildman–Crippen MR) is 83.4 cm³/mol. The molecule has 1 aliphatic heterocycles. The van der Waals surface area contributed by atoms with Gasteiger partial charge in [-0.3, -0.25) is 4.79 Å². The van der Waals surface area contributed by atoms with Crippen molar-refractivity contribution in [2.75, 3.05) is 6.61 Å². The summed E-state index contributed by atoms with van der Waals surface area (Å²) in [5.74, 6) is 0.154. The van der Waals surface area contributed by atoms with Crippen LogP contribution in [-0.4, -0.2) is 17.6 Å². The number of rotatable bonds is 4. The molecule has 0 aliphatic carbocycles. The Balaban J connectivity index is 1.59. The minimum Gasteiger partial charge on any atom is -0.508 e. The van der Waals surface area contributed by atoms with Crippen molar-refractivity contribution in [3.05, 3.63) is 65.2 Å². The van der Waals surface area contributed by atoms with Crippen LogP contribution in [0.5, 0.6) is 5.75 Å². The van der Waals surface area contributed by atoms with Crippen molar-refractivity contribution >= 4 is 5.91 Å². The Labute approximate surface area is 129 Å². The molecule has 2 aromatic rings. The van der Waals surface area contributed by atoms with Crippen molar-refractivity contribution < 1.29 is 14.6 Å². The molecule has 0 fully saturated rings. The summed E-state index contributed by atoms with van der Waals surface area (Å²) in [4.78, 5) is 12.1. The van der Waals surface area contributed by atoms with Crippen LogP contribution >= 0.6 is 0 Å². The van der Waals surface area contributed by atoms with Crippen molar-refractivity contribution in [3.8, 4) is 5.75 Å². The Hall–Kier alpha value is -2.33. The van der Waals surface area contributed by atoms with E-state index in [1.165, 1.54) is 5.56 Å². The maximum atomic E-state index is 12.1. The average molecular weight is 297 g/mol. The molecule has 1 atom stereocenters. The third-order valence-electron chi connectivity index (χ3n) is 3.86. The van der Waals surface area contributed by atoms with Gasteiger partial charge in [-0.1, -0.05) is 36.4 Å². The highest BCUT2D eigenvalue weighted by Gasteiger charge is 2.22. The zero-order chi connectivity index (χ0) is 15.4. The van der Waals surface area contributed by atoms with Crippen LogP contribution in [-0.2, 0) is 22.5 Å². The highest BCUT2D eigenvalue weighted by atomic mass is 16.5. The van der Waals surface area contributed by atoms with Crippen molar-refractivity contribution in [1.29, 1.82) is 0 Å². The molecular formula is C18H19NO3. The van der Waals surface area contributed by atoms with Crippen molar-refractivity contribution in [3.63, 3.8) is 0 Å². The van der Waals surface area contributed by atoms with Gasteiger partial charge in [-0.2, -0.15) is 0 Å². The molecule has 0 spiro atoms. The van der Waals surface area contributed by atoms with Gasteiger partial charge in [0.05, 0.1) is 19.1 Å². The van der Waals surface area contributed by atoms with Crippen LogP contribution in [0.3, 0.4) is 0 Å². The van der Waals surface area contributed by atoms with E-state index in [9.17, 15) is 9.90 Å².